The second-order valence-corrected chi connectivity index (χ2v) is 5.89. The number of nitrogens with one attached hydrogen (secondary N) is 1. The fourth-order valence-corrected chi connectivity index (χ4v) is 2.61. The first kappa shape index (κ1) is 16.6. The van der Waals surface area contributed by atoms with E-state index in [0.29, 0.717) is 12.0 Å². The molecule has 0 spiro atoms. The summed E-state index contributed by atoms with van der Waals surface area (Å²) >= 11 is 0. The van der Waals surface area contributed by atoms with Crippen LogP contribution in [0.5, 0.6) is 0 Å². The first-order chi connectivity index (χ1) is 9.43. The highest BCUT2D eigenvalue weighted by atomic mass is 16.6. The van der Waals surface area contributed by atoms with Crippen LogP contribution < -0.4 is 5.32 Å². The lowest BCUT2D eigenvalue weighted by Crippen LogP contribution is -2.31. The summed E-state index contributed by atoms with van der Waals surface area (Å²) in [5.41, 5.74) is 1.18. The number of nitrogens with zero attached hydrogens (tertiary/aromatic N) is 1. The quantitative estimate of drug-likeness (QED) is 0.564. The zero-order valence-corrected chi connectivity index (χ0v) is 12.9. The van der Waals surface area contributed by atoms with Crippen molar-refractivity contribution in [2.24, 2.45) is 5.92 Å². The van der Waals surface area contributed by atoms with Crippen LogP contribution in [0.2, 0.25) is 0 Å². The van der Waals surface area contributed by atoms with E-state index in [1.54, 1.807) is 18.2 Å². The number of nitro benzene ring substituents is 1. The van der Waals surface area contributed by atoms with Crippen molar-refractivity contribution in [2.75, 3.05) is 0 Å². The number of hydrogen-bond acceptors (Lipinski definition) is 3. The highest BCUT2D eigenvalue weighted by molar-refractivity contribution is 5.35. The lowest BCUT2D eigenvalue weighted by molar-refractivity contribution is -0.384. The van der Waals surface area contributed by atoms with Gasteiger partial charge in [-0.25, -0.2) is 0 Å². The van der Waals surface area contributed by atoms with Crippen molar-refractivity contribution < 1.29 is 4.92 Å². The third-order valence-electron chi connectivity index (χ3n) is 3.37. The Morgan fingerprint density at radius 3 is 2.55 bits per heavy atom. The zero-order chi connectivity index (χ0) is 15.1. The first-order valence-electron chi connectivity index (χ1n) is 7.44. The summed E-state index contributed by atoms with van der Waals surface area (Å²) in [4.78, 5) is 10.6. The second-order valence-electron chi connectivity index (χ2n) is 5.89. The molecule has 1 N–H and O–H groups in total. The van der Waals surface area contributed by atoms with E-state index >= 15 is 0 Å². The van der Waals surface area contributed by atoms with Gasteiger partial charge in [0.15, 0.2) is 0 Å². The summed E-state index contributed by atoms with van der Waals surface area (Å²) in [6, 6.07) is 7.58. The van der Waals surface area contributed by atoms with Gasteiger partial charge in [-0.15, -0.1) is 0 Å². The minimum Gasteiger partial charge on any atom is -0.307 e. The molecule has 0 aliphatic carbocycles. The monoisotopic (exact) mass is 278 g/mol. The topological polar surface area (TPSA) is 55.2 Å². The highest BCUT2D eigenvalue weighted by Gasteiger charge is 2.16. The Kier molecular flexibility index (Phi) is 6.65. The summed E-state index contributed by atoms with van der Waals surface area (Å²) in [6.45, 7) is 8.74. The average Bonchev–Trinajstić information content (AvgIpc) is 2.37. The molecule has 4 nitrogen and oxygen atoms in total. The van der Waals surface area contributed by atoms with Crippen molar-refractivity contribution in [1.29, 1.82) is 0 Å². The van der Waals surface area contributed by atoms with Crippen molar-refractivity contribution in [3.63, 3.8) is 0 Å². The molecule has 0 radical (unpaired) electrons. The van der Waals surface area contributed by atoms with Gasteiger partial charge in [-0.1, -0.05) is 39.3 Å². The minimum atomic E-state index is -0.329. The molecule has 0 bridgehead atoms. The molecule has 1 rings (SSSR count). The van der Waals surface area contributed by atoms with Crippen LogP contribution in [0.15, 0.2) is 24.3 Å². The third-order valence-corrected chi connectivity index (χ3v) is 3.37. The van der Waals surface area contributed by atoms with E-state index in [9.17, 15) is 10.1 Å². The van der Waals surface area contributed by atoms with E-state index in [2.05, 4.69) is 33.0 Å². The maximum Gasteiger partial charge on any atom is 0.269 e. The minimum absolute atomic E-state index is 0.168. The molecule has 2 atom stereocenters. The normalized spacial score (nSPS) is 14.2. The van der Waals surface area contributed by atoms with Crippen LogP contribution in [0.1, 0.15) is 58.6 Å². The zero-order valence-electron chi connectivity index (χ0n) is 12.9. The summed E-state index contributed by atoms with van der Waals surface area (Å²) in [5, 5.41) is 14.5. The van der Waals surface area contributed by atoms with E-state index in [-0.39, 0.29) is 16.7 Å². The molecule has 0 fully saturated rings. The van der Waals surface area contributed by atoms with Crippen LogP contribution in [-0.2, 0) is 0 Å². The molecule has 2 unspecified atom stereocenters. The Bertz CT molecular complexity index is 432. The lowest BCUT2D eigenvalue weighted by Gasteiger charge is -2.24. The van der Waals surface area contributed by atoms with Gasteiger partial charge in [-0.2, -0.15) is 0 Å². The predicted octanol–water partition coefficient (Wildman–Crippen LogP) is 4.46. The molecule has 112 valence electrons. The number of non-ortho nitro benzene ring substituents is 1. The van der Waals surface area contributed by atoms with E-state index in [1.165, 1.54) is 0 Å². The standard InChI is InChI=1S/C16H26N2O2/c1-5-7-16(17-13(4)10-12(2)3)14-8-6-9-15(11-14)18(19)20/h6,8-9,11-13,16-17H,5,7,10H2,1-4H3. The van der Waals surface area contributed by atoms with Gasteiger partial charge >= 0.3 is 0 Å². The Morgan fingerprint density at radius 1 is 1.30 bits per heavy atom. The van der Waals surface area contributed by atoms with E-state index in [4.69, 9.17) is 0 Å². The van der Waals surface area contributed by atoms with Gasteiger partial charge in [0.2, 0.25) is 0 Å². The van der Waals surface area contributed by atoms with E-state index < -0.39 is 0 Å². The van der Waals surface area contributed by atoms with Crippen molar-refractivity contribution >= 4 is 5.69 Å². The molecule has 1 aromatic carbocycles. The predicted molar refractivity (Wildman–Crippen MR) is 82.8 cm³/mol. The Labute approximate surface area is 121 Å². The van der Waals surface area contributed by atoms with Crippen LogP contribution in [0.25, 0.3) is 0 Å². The number of benzene rings is 1. The van der Waals surface area contributed by atoms with Crippen LogP contribution >= 0.6 is 0 Å². The van der Waals surface area contributed by atoms with Crippen molar-refractivity contribution in [3.05, 3.63) is 39.9 Å². The van der Waals surface area contributed by atoms with Crippen LogP contribution in [0, 0.1) is 16.0 Å². The third kappa shape index (κ3) is 5.29. The van der Waals surface area contributed by atoms with Gasteiger partial charge in [0.05, 0.1) is 4.92 Å². The molecule has 0 saturated heterocycles. The fourth-order valence-electron chi connectivity index (χ4n) is 2.61. The smallest absolute Gasteiger partial charge is 0.269 e. The van der Waals surface area contributed by atoms with Crippen LogP contribution in [-0.4, -0.2) is 11.0 Å². The van der Waals surface area contributed by atoms with Gasteiger partial charge < -0.3 is 5.32 Å². The summed E-state index contributed by atoms with van der Waals surface area (Å²) in [6.07, 6.45) is 3.15. The van der Waals surface area contributed by atoms with Gasteiger partial charge in [0.25, 0.3) is 5.69 Å². The molecule has 1 aromatic rings. The van der Waals surface area contributed by atoms with Gasteiger partial charge in [-0.05, 0) is 31.2 Å². The SMILES string of the molecule is CCCC(NC(C)CC(C)C)c1cccc([N+](=O)[O-])c1. The number of rotatable bonds is 8. The molecule has 0 heterocycles. The lowest BCUT2D eigenvalue weighted by atomic mass is 9.98. The average molecular weight is 278 g/mol. The van der Waals surface area contributed by atoms with Crippen molar-refractivity contribution in [2.45, 2.75) is 59.0 Å². The molecule has 0 aliphatic rings. The van der Waals surface area contributed by atoms with Crippen LogP contribution in [0.4, 0.5) is 5.69 Å². The second kappa shape index (κ2) is 8.00. The van der Waals surface area contributed by atoms with Gasteiger partial charge in [0, 0.05) is 24.2 Å². The summed E-state index contributed by atoms with van der Waals surface area (Å²) in [7, 11) is 0. The molecule has 20 heavy (non-hydrogen) atoms. The highest BCUT2D eigenvalue weighted by Crippen LogP contribution is 2.24. The molecule has 0 amide bonds. The van der Waals surface area contributed by atoms with Crippen LogP contribution in [0.3, 0.4) is 0 Å². The van der Waals surface area contributed by atoms with Crippen molar-refractivity contribution in [1.82, 2.24) is 5.32 Å². The number of nitro groups is 1. The number of hydrogen-bond donors (Lipinski definition) is 1. The maximum absolute atomic E-state index is 10.9. The molecule has 0 aliphatic heterocycles. The molecular formula is C16H26N2O2. The van der Waals surface area contributed by atoms with Gasteiger partial charge in [-0.3, -0.25) is 10.1 Å². The molecule has 0 saturated carbocycles. The van der Waals surface area contributed by atoms with E-state index in [0.717, 1.165) is 24.8 Å². The Hall–Kier alpha value is -1.42. The molecule has 0 aromatic heterocycles. The summed E-state index contributed by atoms with van der Waals surface area (Å²) in [5.74, 6) is 0.643. The Balaban J connectivity index is 2.84. The maximum atomic E-state index is 10.9. The summed E-state index contributed by atoms with van der Waals surface area (Å²) < 4.78 is 0. The largest absolute Gasteiger partial charge is 0.307 e. The molecule has 4 heteroatoms. The Morgan fingerprint density at radius 2 is 2.00 bits per heavy atom. The van der Waals surface area contributed by atoms with Crippen molar-refractivity contribution in [3.8, 4) is 0 Å². The van der Waals surface area contributed by atoms with Gasteiger partial charge in [0.1, 0.15) is 0 Å². The first-order valence-corrected chi connectivity index (χ1v) is 7.44. The van der Waals surface area contributed by atoms with E-state index in [1.807, 2.05) is 6.07 Å². The molecular weight excluding hydrogens is 252 g/mol. The fraction of sp³-hybridized carbons (Fsp3) is 0.625.